The first-order valence-electron chi connectivity index (χ1n) is 6.57. The Balaban J connectivity index is 1.86. The molecule has 20 heavy (non-hydrogen) atoms. The van der Waals surface area contributed by atoms with E-state index in [-0.39, 0.29) is 12.8 Å². The van der Waals surface area contributed by atoms with Crippen molar-refractivity contribution in [3.05, 3.63) is 17.7 Å². The number of benzene rings is 1. The van der Waals surface area contributed by atoms with Crippen LogP contribution in [-0.4, -0.2) is 33.0 Å². The standard InChI is InChI=1S/C14H19NO5/c1-3-18-13(16)4-5-15-8-10-6-11(17-2)14-12(7-10)19-9-20-14/h6-7,15H,3-5,8-9H2,1-2H3. The summed E-state index contributed by atoms with van der Waals surface area (Å²) in [7, 11) is 1.59. The van der Waals surface area contributed by atoms with Crippen LogP contribution in [0.5, 0.6) is 17.2 Å². The number of carbonyl (C=O) groups excluding carboxylic acids is 1. The van der Waals surface area contributed by atoms with E-state index < -0.39 is 0 Å². The number of nitrogens with one attached hydrogen (secondary N) is 1. The molecule has 1 heterocycles. The molecular weight excluding hydrogens is 262 g/mol. The van der Waals surface area contributed by atoms with E-state index in [1.54, 1.807) is 14.0 Å². The summed E-state index contributed by atoms with van der Waals surface area (Å²) in [6.45, 7) is 3.61. The molecule has 1 aliphatic rings. The second kappa shape index (κ2) is 7.00. The van der Waals surface area contributed by atoms with Gasteiger partial charge in [-0.15, -0.1) is 0 Å². The minimum Gasteiger partial charge on any atom is -0.493 e. The van der Waals surface area contributed by atoms with Crippen molar-refractivity contribution in [1.82, 2.24) is 5.32 Å². The lowest BCUT2D eigenvalue weighted by Gasteiger charge is -2.09. The second-order valence-corrected chi connectivity index (χ2v) is 4.26. The van der Waals surface area contributed by atoms with E-state index in [0.717, 1.165) is 5.56 Å². The Hall–Kier alpha value is -1.95. The third-order valence-corrected chi connectivity index (χ3v) is 2.86. The van der Waals surface area contributed by atoms with Gasteiger partial charge in [-0.2, -0.15) is 0 Å². The van der Waals surface area contributed by atoms with Gasteiger partial charge in [0.05, 0.1) is 20.1 Å². The summed E-state index contributed by atoms with van der Waals surface area (Å²) in [6, 6.07) is 3.80. The number of fused-ring (bicyclic) bond motifs is 1. The van der Waals surface area contributed by atoms with Gasteiger partial charge in [0.2, 0.25) is 12.5 Å². The van der Waals surface area contributed by atoms with Crippen LogP contribution in [0.2, 0.25) is 0 Å². The molecule has 1 aromatic carbocycles. The smallest absolute Gasteiger partial charge is 0.307 e. The van der Waals surface area contributed by atoms with Crippen LogP contribution in [0.15, 0.2) is 12.1 Å². The third kappa shape index (κ3) is 3.54. The molecule has 6 nitrogen and oxygen atoms in total. The lowest BCUT2D eigenvalue weighted by Crippen LogP contribution is -2.19. The van der Waals surface area contributed by atoms with Crippen LogP contribution in [0.4, 0.5) is 0 Å². The van der Waals surface area contributed by atoms with Crippen LogP contribution in [0.25, 0.3) is 0 Å². The molecule has 1 aliphatic heterocycles. The predicted octanol–water partition coefficient (Wildman–Crippen LogP) is 1.47. The van der Waals surface area contributed by atoms with Gasteiger partial charge < -0.3 is 24.3 Å². The SMILES string of the molecule is CCOC(=O)CCNCc1cc(OC)c2c(c1)OCO2. The van der Waals surface area contributed by atoms with Gasteiger partial charge in [-0.1, -0.05) is 0 Å². The predicted molar refractivity (Wildman–Crippen MR) is 72.1 cm³/mol. The van der Waals surface area contributed by atoms with Gasteiger partial charge >= 0.3 is 5.97 Å². The number of ether oxygens (including phenoxy) is 4. The average molecular weight is 281 g/mol. The molecule has 0 saturated heterocycles. The molecule has 2 rings (SSSR count). The molecule has 0 bridgehead atoms. The van der Waals surface area contributed by atoms with Crippen LogP contribution in [0.1, 0.15) is 18.9 Å². The van der Waals surface area contributed by atoms with Gasteiger partial charge in [0.1, 0.15) is 0 Å². The maximum atomic E-state index is 11.2. The molecule has 0 aliphatic carbocycles. The molecule has 0 spiro atoms. The molecule has 6 heteroatoms. The highest BCUT2D eigenvalue weighted by atomic mass is 16.7. The molecule has 0 atom stereocenters. The van der Waals surface area contributed by atoms with E-state index in [2.05, 4.69) is 5.32 Å². The first-order chi connectivity index (χ1) is 9.74. The zero-order valence-corrected chi connectivity index (χ0v) is 11.7. The number of carbonyl (C=O) groups is 1. The molecule has 0 saturated carbocycles. The van der Waals surface area contributed by atoms with E-state index in [1.165, 1.54) is 0 Å². The van der Waals surface area contributed by atoms with Crippen LogP contribution in [0, 0.1) is 0 Å². The van der Waals surface area contributed by atoms with Gasteiger partial charge in [-0.3, -0.25) is 4.79 Å². The van der Waals surface area contributed by atoms with Gasteiger partial charge in [-0.05, 0) is 24.6 Å². The zero-order valence-electron chi connectivity index (χ0n) is 11.7. The molecule has 110 valence electrons. The van der Waals surface area contributed by atoms with Crippen LogP contribution < -0.4 is 19.5 Å². The number of methoxy groups -OCH3 is 1. The molecular formula is C14H19NO5. The summed E-state index contributed by atoms with van der Waals surface area (Å²) in [5.74, 6) is 1.79. The first-order valence-corrected chi connectivity index (χ1v) is 6.57. The Morgan fingerprint density at radius 3 is 3.00 bits per heavy atom. The van der Waals surface area contributed by atoms with Crippen molar-refractivity contribution < 1.29 is 23.7 Å². The Morgan fingerprint density at radius 2 is 2.25 bits per heavy atom. The quantitative estimate of drug-likeness (QED) is 0.603. The largest absolute Gasteiger partial charge is 0.493 e. The number of esters is 1. The van der Waals surface area contributed by atoms with Crippen molar-refractivity contribution in [2.75, 3.05) is 27.1 Å². The summed E-state index contributed by atoms with van der Waals surface area (Å²) in [4.78, 5) is 11.2. The summed E-state index contributed by atoms with van der Waals surface area (Å²) < 4.78 is 20.8. The maximum Gasteiger partial charge on any atom is 0.307 e. The summed E-state index contributed by atoms with van der Waals surface area (Å²) >= 11 is 0. The van der Waals surface area contributed by atoms with E-state index in [1.807, 2.05) is 12.1 Å². The van der Waals surface area contributed by atoms with Gasteiger partial charge in [-0.25, -0.2) is 0 Å². The van der Waals surface area contributed by atoms with E-state index >= 15 is 0 Å². The van der Waals surface area contributed by atoms with Crippen molar-refractivity contribution in [2.24, 2.45) is 0 Å². The van der Waals surface area contributed by atoms with Crippen LogP contribution in [0.3, 0.4) is 0 Å². The van der Waals surface area contributed by atoms with Crippen molar-refractivity contribution in [2.45, 2.75) is 19.9 Å². The maximum absolute atomic E-state index is 11.2. The third-order valence-electron chi connectivity index (χ3n) is 2.86. The molecule has 0 unspecified atom stereocenters. The fraction of sp³-hybridized carbons (Fsp3) is 0.500. The molecule has 0 fully saturated rings. The Bertz CT molecular complexity index is 475. The lowest BCUT2D eigenvalue weighted by molar-refractivity contribution is -0.142. The topological polar surface area (TPSA) is 66.0 Å². The summed E-state index contributed by atoms with van der Waals surface area (Å²) in [5.41, 5.74) is 1.01. The Labute approximate surface area is 118 Å². The fourth-order valence-corrected chi connectivity index (χ4v) is 1.94. The van der Waals surface area contributed by atoms with E-state index in [0.29, 0.717) is 43.4 Å². The molecule has 0 radical (unpaired) electrons. The highest BCUT2D eigenvalue weighted by molar-refractivity contribution is 5.69. The lowest BCUT2D eigenvalue weighted by atomic mass is 10.2. The molecule has 1 N–H and O–H groups in total. The van der Waals surface area contributed by atoms with Crippen LogP contribution in [-0.2, 0) is 16.1 Å². The highest BCUT2D eigenvalue weighted by Crippen LogP contribution is 2.41. The van der Waals surface area contributed by atoms with E-state index in [9.17, 15) is 4.79 Å². The minimum atomic E-state index is -0.191. The van der Waals surface area contributed by atoms with Gasteiger partial charge in [0, 0.05) is 13.1 Å². The van der Waals surface area contributed by atoms with Crippen molar-refractivity contribution in [3.8, 4) is 17.2 Å². The minimum absolute atomic E-state index is 0.191. The Kier molecular flexibility index (Phi) is 5.06. The monoisotopic (exact) mass is 281 g/mol. The summed E-state index contributed by atoms with van der Waals surface area (Å²) in [6.07, 6.45) is 0.357. The van der Waals surface area contributed by atoms with E-state index in [4.69, 9.17) is 18.9 Å². The number of hydrogen-bond donors (Lipinski definition) is 1. The highest BCUT2D eigenvalue weighted by Gasteiger charge is 2.19. The Morgan fingerprint density at radius 1 is 1.40 bits per heavy atom. The number of rotatable bonds is 7. The zero-order chi connectivity index (χ0) is 14.4. The van der Waals surface area contributed by atoms with Gasteiger partial charge in [0.25, 0.3) is 0 Å². The fourth-order valence-electron chi connectivity index (χ4n) is 1.94. The second-order valence-electron chi connectivity index (χ2n) is 4.26. The average Bonchev–Trinajstić information content (AvgIpc) is 2.91. The number of hydrogen-bond acceptors (Lipinski definition) is 6. The van der Waals surface area contributed by atoms with Crippen LogP contribution >= 0.6 is 0 Å². The van der Waals surface area contributed by atoms with Crippen molar-refractivity contribution >= 4 is 5.97 Å². The van der Waals surface area contributed by atoms with Crippen molar-refractivity contribution in [3.63, 3.8) is 0 Å². The molecule has 0 amide bonds. The summed E-state index contributed by atoms with van der Waals surface area (Å²) in [5, 5.41) is 3.18. The molecule has 1 aromatic rings. The van der Waals surface area contributed by atoms with Gasteiger partial charge in [0.15, 0.2) is 11.5 Å². The van der Waals surface area contributed by atoms with Crippen molar-refractivity contribution in [1.29, 1.82) is 0 Å². The normalized spacial score (nSPS) is 12.3. The molecule has 0 aromatic heterocycles. The first kappa shape index (κ1) is 14.5.